The van der Waals surface area contributed by atoms with Gasteiger partial charge in [0.15, 0.2) is 0 Å². The minimum Gasteiger partial charge on any atom is -0.378 e. The number of allylic oxidation sites excluding steroid dienone is 2. The van der Waals surface area contributed by atoms with E-state index in [4.69, 9.17) is 0 Å². The minimum absolute atomic E-state index is 0.153. The molecule has 0 N–H and O–H groups in total. The van der Waals surface area contributed by atoms with E-state index in [2.05, 4.69) is 49.3 Å². The molecule has 1 aliphatic carbocycles. The summed E-state index contributed by atoms with van der Waals surface area (Å²) in [5, 5.41) is 0. The zero-order valence-electron chi connectivity index (χ0n) is 14.3. The second-order valence-corrected chi connectivity index (χ2v) is 6.72. The fraction of sp³-hybridized carbons (Fsp3) is 0.550. The van der Waals surface area contributed by atoms with Crippen LogP contribution >= 0.6 is 0 Å². The summed E-state index contributed by atoms with van der Waals surface area (Å²) in [6.07, 6.45) is 10.5. The molecule has 0 bridgehead atoms. The maximum atomic E-state index is 12.0. The van der Waals surface area contributed by atoms with Crippen LogP contribution in [-0.2, 0) is 11.2 Å². The molecule has 0 heterocycles. The Morgan fingerprint density at radius 1 is 1.27 bits per heavy atom. The van der Waals surface area contributed by atoms with Crippen molar-refractivity contribution in [2.75, 3.05) is 19.0 Å². The molecule has 120 valence electrons. The molecule has 0 fully saturated rings. The van der Waals surface area contributed by atoms with Crippen molar-refractivity contribution in [3.8, 4) is 0 Å². The molecule has 1 aromatic carbocycles. The second-order valence-electron chi connectivity index (χ2n) is 6.72. The van der Waals surface area contributed by atoms with Crippen LogP contribution < -0.4 is 4.90 Å². The standard InChI is InChI=1S/C20H29NO/c1-16(22)19(13-12-17-8-5-4-6-9-17)14-18-10-7-11-20(15-18)21(2)3/h7-8,10-11,15,19H,4-6,9,12-14H2,1-3H3. The van der Waals surface area contributed by atoms with Gasteiger partial charge in [0, 0.05) is 25.7 Å². The molecule has 0 saturated heterocycles. The number of ketones is 1. The van der Waals surface area contributed by atoms with Gasteiger partial charge in [-0.3, -0.25) is 4.79 Å². The number of nitrogens with zero attached hydrogens (tertiary/aromatic N) is 1. The van der Waals surface area contributed by atoms with Gasteiger partial charge in [-0.2, -0.15) is 0 Å². The smallest absolute Gasteiger partial charge is 0.133 e. The number of Topliss-reactive ketones (excluding diaryl/α,β-unsaturated/α-hetero) is 1. The van der Waals surface area contributed by atoms with Crippen LogP contribution in [0.5, 0.6) is 0 Å². The van der Waals surface area contributed by atoms with E-state index in [0.717, 1.165) is 19.3 Å². The molecule has 0 spiro atoms. The number of hydrogen-bond acceptors (Lipinski definition) is 2. The molecule has 1 aliphatic rings. The van der Waals surface area contributed by atoms with Crippen molar-refractivity contribution < 1.29 is 4.79 Å². The molecule has 0 radical (unpaired) electrons. The molecule has 0 amide bonds. The molecule has 22 heavy (non-hydrogen) atoms. The van der Waals surface area contributed by atoms with Gasteiger partial charge in [-0.25, -0.2) is 0 Å². The maximum Gasteiger partial charge on any atom is 0.133 e. The molecule has 2 heteroatoms. The third-order valence-electron chi connectivity index (χ3n) is 4.68. The van der Waals surface area contributed by atoms with Gasteiger partial charge in [-0.1, -0.05) is 23.8 Å². The van der Waals surface area contributed by atoms with E-state index in [9.17, 15) is 4.79 Å². The van der Waals surface area contributed by atoms with Crippen molar-refractivity contribution in [1.29, 1.82) is 0 Å². The molecule has 0 saturated carbocycles. The summed E-state index contributed by atoms with van der Waals surface area (Å²) >= 11 is 0. The topological polar surface area (TPSA) is 20.3 Å². The summed E-state index contributed by atoms with van der Waals surface area (Å²) in [7, 11) is 4.11. The summed E-state index contributed by atoms with van der Waals surface area (Å²) in [5.74, 6) is 0.479. The first-order valence-electron chi connectivity index (χ1n) is 8.51. The van der Waals surface area contributed by atoms with E-state index in [1.165, 1.54) is 36.9 Å². The van der Waals surface area contributed by atoms with Crippen molar-refractivity contribution in [3.63, 3.8) is 0 Å². The molecular formula is C20H29NO. The van der Waals surface area contributed by atoms with Gasteiger partial charge in [0.25, 0.3) is 0 Å². The number of rotatable bonds is 7. The summed E-state index contributed by atoms with van der Waals surface area (Å²) in [5.41, 5.74) is 4.04. The number of anilines is 1. The molecular weight excluding hydrogens is 270 g/mol. The Kier molecular flexibility index (Phi) is 6.23. The van der Waals surface area contributed by atoms with Gasteiger partial charge in [0.1, 0.15) is 5.78 Å². The molecule has 0 aliphatic heterocycles. The van der Waals surface area contributed by atoms with Gasteiger partial charge >= 0.3 is 0 Å². The van der Waals surface area contributed by atoms with Crippen molar-refractivity contribution in [2.24, 2.45) is 5.92 Å². The lowest BCUT2D eigenvalue weighted by Crippen LogP contribution is -2.15. The third kappa shape index (κ3) is 5.01. The maximum absolute atomic E-state index is 12.0. The van der Waals surface area contributed by atoms with Crippen LogP contribution in [0, 0.1) is 5.92 Å². The molecule has 1 aromatic rings. The highest BCUT2D eigenvalue weighted by atomic mass is 16.1. The highest BCUT2D eigenvalue weighted by molar-refractivity contribution is 5.78. The second kappa shape index (κ2) is 8.17. The Hall–Kier alpha value is -1.57. The Morgan fingerprint density at radius 3 is 2.73 bits per heavy atom. The summed E-state index contributed by atoms with van der Waals surface area (Å²) in [6.45, 7) is 1.75. The van der Waals surface area contributed by atoms with Gasteiger partial charge in [0.05, 0.1) is 0 Å². The van der Waals surface area contributed by atoms with Crippen LogP contribution in [0.15, 0.2) is 35.9 Å². The van der Waals surface area contributed by atoms with E-state index in [0.29, 0.717) is 5.78 Å². The lowest BCUT2D eigenvalue weighted by atomic mass is 9.87. The molecule has 1 atom stereocenters. The van der Waals surface area contributed by atoms with Crippen molar-refractivity contribution in [1.82, 2.24) is 0 Å². The van der Waals surface area contributed by atoms with Crippen molar-refractivity contribution in [2.45, 2.75) is 51.9 Å². The Labute approximate surface area is 135 Å². The fourth-order valence-corrected chi connectivity index (χ4v) is 3.19. The average Bonchev–Trinajstić information content (AvgIpc) is 2.52. The van der Waals surface area contributed by atoms with Crippen LogP contribution in [0.3, 0.4) is 0 Å². The van der Waals surface area contributed by atoms with Gasteiger partial charge in [0.2, 0.25) is 0 Å². The predicted octanol–water partition coefficient (Wildman–Crippen LogP) is 4.78. The van der Waals surface area contributed by atoms with Crippen molar-refractivity contribution in [3.05, 3.63) is 41.5 Å². The Morgan fingerprint density at radius 2 is 2.09 bits per heavy atom. The lowest BCUT2D eigenvalue weighted by molar-refractivity contribution is -0.120. The molecule has 2 nitrogen and oxygen atoms in total. The van der Waals surface area contributed by atoms with Crippen molar-refractivity contribution >= 4 is 11.5 Å². The lowest BCUT2D eigenvalue weighted by Gasteiger charge is -2.18. The SMILES string of the molecule is CC(=O)C(CCC1=CCCCC1)Cc1cccc(N(C)C)c1. The minimum atomic E-state index is 0.153. The Bertz CT molecular complexity index is 530. The van der Waals surface area contributed by atoms with Gasteiger partial charge in [-0.15, -0.1) is 0 Å². The molecule has 1 unspecified atom stereocenters. The third-order valence-corrected chi connectivity index (χ3v) is 4.68. The van der Waals surface area contributed by atoms with E-state index >= 15 is 0 Å². The number of carbonyl (C=O) groups excluding carboxylic acids is 1. The summed E-state index contributed by atoms with van der Waals surface area (Å²) in [6, 6.07) is 8.54. The summed E-state index contributed by atoms with van der Waals surface area (Å²) in [4.78, 5) is 14.1. The van der Waals surface area contributed by atoms with E-state index < -0.39 is 0 Å². The number of carbonyl (C=O) groups is 1. The largest absolute Gasteiger partial charge is 0.378 e. The van der Waals surface area contributed by atoms with E-state index in [-0.39, 0.29) is 5.92 Å². The summed E-state index contributed by atoms with van der Waals surface area (Å²) < 4.78 is 0. The predicted molar refractivity (Wildman–Crippen MR) is 94.4 cm³/mol. The zero-order chi connectivity index (χ0) is 15.9. The number of benzene rings is 1. The highest BCUT2D eigenvalue weighted by Gasteiger charge is 2.16. The normalized spacial score (nSPS) is 16.0. The van der Waals surface area contributed by atoms with E-state index in [1.54, 1.807) is 12.5 Å². The first-order chi connectivity index (χ1) is 10.6. The van der Waals surface area contributed by atoms with Crippen LogP contribution in [0.1, 0.15) is 51.0 Å². The first kappa shape index (κ1) is 16.8. The van der Waals surface area contributed by atoms with Crippen LogP contribution in [0.2, 0.25) is 0 Å². The van der Waals surface area contributed by atoms with E-state index in [1.807, 2.05) is 0 Å². The zero-order valence-corrected chi connectivity index (χ0v) is 14.3. The van der Waals surface area contributed by atoms with Gasteiger partial charge < -0.3 is 4.90 Å². The first-order valence-corrected chi connectivity index (χ1v) is 8.51. The van der Waals surface area contributed by atoms with Crippen LogP contribution in [-0.4, -0.2) is 19.9 Å². The molecule has 0 aromatic heterocycles. The highest BCUT2D eigenvalue weighted by Crippen LogP contribution is 2.25. The fourth-order valence-electron chi connectivity index (χ4n) is 3.19. The van der Waals surface area contributed by atoms with Crippen LogP contribution in [0.25, 0.3) is 0 Å². The number of hydrogen-bond donors (Lipinski definition) is 0. The Balaban J connectivity index is 1.97. The average molecular weight is 299 g/mol. The molecule has 2 rings (SSSR count). The van der Waals surface area contributed by atoms with Crippen LogP contribution in [0.4, 0.5) is 5.69 Å². The monoisotopic (exact) mass is 299 g/mol. The quantitative estimate of drug-likeness (QED) is 0.675. The van der Waals surface area contributed by atoms with Gasteiger partial charge in [-0.05, 0) is 69.6 Å².